The van der Waals surface area contributed by atoms with Crippen LogP contribution in [0, 0.1) is 35.8 Å². The van der Waals surface area contributed by atoms with Gasteiger partial charge in [0.2, 0.25) is 11.8 Å². The number of carbonyl (C=O) groups is 2. The maximum atomic E-state index is 13.1. The Kier molecular flexibility index (Phi) is 3.23. The monoisotopic (exact) mass is 358 g/mol. The Morgan fingerprint density at radius 2 is 1.81 bits per heavy atom. The van der Waals surface area contributed by atoms with Crippen molar-refractivity contribution in [2.75, 3.05) is 11.5 Å². The van der Waals surface area contributed by atoms with Gasteiger partial charge in [0.05, 0.1) is 29.0 Å². The summed E-state index contributed by atoms with van der Waals surface area (Å²) in [5.74, 6) is -2.81. The summed E-state index contributed by atoms with van der Waals surface area (Å²) in [6, 6.07) is 2.86. The van der Waals surface area contributed by atoms with Gasteiger partial charge >= 0.3 is 0 Å². The zero-order valence-corrected chi connectivity index (χ0v) is 14.6. The van der Waals surface area contributed by atoms with Crippen LogP contribution in [0.4, 0.5) is 11.4 Å². The first-order valence-corrected chi connectivity index (χ1v) is 8.30. The molecular formula is C18H18N2O6. The van der Waals surface area contributed by atoms with E-state index in [1.54, 1.807) is 32.9 Å². The highest BCUT2D eigenvalue weighted by Crippen LogP contribution is 2.58. The second-order valence-electron chi connectivity index (χ2n) is 7.38. The van der Waals surface area contributed by atoms with Crippen molar-refractivity contribution in [2.24, 2.45) is 11.8 Å². The molecule has 2 saturated heterocycles. The molecule has 0 spiro atoms. The number of imide groups is 1. The Hall–Kier alpha value is -2.58. The lowest BCUT2D eigenvalue weighted by molar-refractivity contribution is -0.384. The number of aliphatic hydroxyl groups is 1. The van der Waals surface area contributed by atoms with Crippen molar-refractivity contribution in [2.45, 2.75) is 32.0 Å². The summed E-state index contributed by atoms with van der Waals surface area (Å²) >= 11 is 0. The van der Waals surface area contributed by atoms with Crippen LogP contribution in [-0.4, -0.2) is 39.7 Å². The average Bonchev–Trinajstić information content (AvgIpc) is 3.16. The van der Waals surface area contributed by atoms with Gasteiger partial charge in [0.1, 0.15) is 11.3 Å². The molecule has 4 atom stereocenters. The Balaban J connectivity index is 1.88. The van der Waals surface area contributed by atoms with Crippen molar-refractivity contribution < 1.29 is 24.4 Å². The van der Waals surface area contributed by atoms with Crippen molar-refractivity contribution in [3.8, 4) is 0 Å². The molecule has 2 bridgehead atoms. The molecule has 1 aromatic rings. The summed E-state index contributed by atoms with van der Waals surface area (Å²) in [6.45, 7) is 4.74. The summed E-state index contributed by atoms with van der Waals surface area (Å²) in [4.78, 5) is 38.0. The second kappa shape index (κ2) is 4.99. The number of fused-ring (bicyclic) bond motifs is 5. The summed E-state index contributed by atoms with van der Waals surface area (Å²) in [7, 11) is 0. The van der Waals surface area contributed by atoms with E-state index in [1.165, 1.54) is 12.1 Å². The molecule has 8 heteroatoms. The van der Waals surface area contributed by atoms with E-state index in [9.17, 15) is 24.8 Å². The fraction of sp³-hybridized carbons (Fsp3) is 0.444. The van der Waals surface area contributed by atoms with E-state index >= 15 is 0 Å². The minimum atomic E-state index is -1.25. The fourth-order valence-electron chi connectivity index (χ4n) is 4.39. The molecule has 4 rings (SSSR count). The van der Waals surface area contributed by atoms with Gasteiger partial charge in [-0.25, -0.2) is 4.90 Å². The molecule has 3 aliphatic rings. The molecule has 2 fully saturated rings. The molecule has 3 heterocycles. The van der Waals surface area contributed by atoms with E-state index in [0.717, 1.165) is 10.5 Å². The number of aryl methyl sites for hydroxylation is 2. The number of rotatable bonds is 3. The molecule has 1 aromatic carbocycles. The number of nitro benzene ring substituents is 1. The Morgan fingerprint density at radius 3 is 2.42 bits per heavy atom. The highest BCUT2D eigenvalue weighted by Gasteiger charge is 2.72. The largest absolute Gasteiger partial charge is 0.393 e. The summed E-state index contributed by atoms with van der Waals surface area (Å²) in [6.07, 6.45) is 3.31. The predicted octanol–water partition coefficient (Wildman–Crippen LogP) is 1.41. The number of benzene rings is 1. The number of aliphatic hydroxyl groups excluding tert-OH is 1. The number of carbonyl (C=O) groups excluding carboxylic acids is 2. The quantitative estimate of drug-likeness (QED) is 0.379. The lowest BCUT2D eigenvalue weighted by Crippen LogP contribution is -2.43. The van der Waals surface area contributed by atoms with Crippen LogP contribution in [0.1, 0.15) is 18.1 Å². The summed E-state index contributed by atoms with van der Waals surface area (Å²) in [5, 5.41) is 21.3. The van der Waals surface area contributed by atoms with E-state index in [4.69, 9.17) is 4.74 Å². The van der Waals surface area contributed by atoms with Crippen LogP contribution in [0.15, 0.2) is 24.3 Å². The first kappa shape index (κ1) is 16.9. The van der Waals surface area contributed by atoms with Gasteiger partial charge in [0.15, 0.2) is 0 Å². The standard InChI is InChI=1S/C18H18N2O6/c1-9-6-11(12(20(24)25)7-10(9)2)19-15(22)13-14(16(19)23)18(8-21)5-4-17(13,3)26-18/h4-7,13-14,21H,8H2,1-3H3/t13-,14+,17+,18-/m0/s1. The van der Waals surface area contributed by atoms with E-state index in [0.29, 0.717) is 5.56 Å². The number of ether oxygens (including phenoxy) is 1. The van der Waals surface area contributed by atoms with E-state index in [-0.39, 0.29) is 11.4 Å². The van der Waals surface area contributed by atoms with Crippen molar-refractivity contribution >= 4 is 23.2 Å². The molecule has 3 aliphatic heterocycles. The van der Waals surface area contributed by atoms with Gasteiger partial charge in [-0.3, -0.25) is 19.7 Å². The molecule has 1 N–H and O–H groups in total. The smallest absolute Gasteiger partial charge is 0.293 e. The third-order valence-electron chi connectivity index (χ3n) is 5.83. The van der Waals surface area contributed by atoms with Crippen molar-refractivity contribution in [3.63, 3.8) is 0 Å². The molecule has 0 saturated carbocycles. The predicted molar refractivity (Wildman–Crippen MR) is 90.5 cm³/mol. The van der Waals surface area contributed by atoms with Gasteiger partial charge in [-0.2, -0.15) is 0 Å². The minimum Gasteiger partial charge on any atom is -0.393 e. The maximum Gasteiger partial charge on any atom is 0.293 e. The van der Waals surface area contributed by atoms with Crippen LogP contribution in [-0.2, 0) is 14.3 Å². The molecule has 0 aliphatic carbocycles. The Bertz CT molecular complexity index is 909. The highest BCUT2D eigenvalue weighted by molar-refractivity contribution is 6.24. The molecular weight excluding hydrogens is 340 g/mol. The van der Waals surface area contributed by atoms with Gasteiger partial charge in [0.25, 0.3) is 5.69 Å². The molecule has 2 amide bonds. The highest BCUT2D eigenvalue weighted by atomic mass is 16.6. The molecule has 136 valence electrons. The van der Waals surface area contributed by atoms with Crippen LogP contribution in [0.25, 0.3) is 0 Å². The van der Waals surface area contributed by atoms with E-state index < -0.39 is 46.4 Å². The van der Waals surface area contributed by atoms with Crippen LogP contribution in [0.3, 0.4) is 0 Å². The van der Waals surface area contributed by atoms with Gasteiger partial charge in [-0.05, 0) is 38.0 Å². The zero-order chi connectivity index (χ0) is 19.0. The number of hydrogen-bond acceptors (Lipinski definition) is 6. The third kappa shape index (κ3) is 1.85. The van der Waals surface area contributed by atoms with Gasteiger partial charge < -0.3 is 9.84 Å². The van der Waals surface area contributed by atoms with Crippen LogP contribution in [0.2, 0.25) is 0 Å². The SMILES string of the molecule is Cc1cc(N2C(=O)[C@@H]3[C@H](C2=O)[C@@]2(CO)C=C[C@@]3(C)O2)c([N+](=O)[O-])cc1C. The number of amides is 2. The Morgan fingerprint density at radius 1 is 1.19 bits per heavy atom. The van der Waals surface area contributed by atoms with Crippen LogP contribution >= 0.6 is 0 Å². The van der Waals surface area contributed by atoms with Gasteiger partial charge in [0, 0.05) is 6.07 Å². The van der Waals surface area contributed by atoms with Crippen LogP contribution < -0.4 is 4.90 Å². The first-order valence-electron chi connectivity index (χ1n) is 8.30. The second-order valence-corrected chi connectivity index (χ2v) is 7.38. The minimum absolute atomic E-state index is 0.0291. The maximum absolute atomic E-state index is 13.1. The van der Waals surface area contributed by atoms with Crippen molar-refractivity contribution in [1.29, 1.82) is 0 Å². The first-order chi connectivity index (χ1) is 12.1. The van der Waals surface area contributed by atoms with Crippen molar-refractivity contribution in [1.82, 2.24) is 0 Å². The van der Waals surface area contributed by atoms with E-state index in [2.05, 4.69) is 0 Å². The lowest BCUT2D eigenvalue weighted by atomic mass is 9.73. The molecule has 0 unspecified atom stereocenters. The van der Waals surface area contributed by atoms with Gasteiger partial charge in [-0.1, -0.05) is 12.2 Å². The third-order valence-corrected chi connectivity index (χ3v) is 5.83. The Labute approximate surface area is 149 Å². The number of anilines is 1. The van der Waals surface area contributed by atoms with Crippen molar-refractivity contribution in [3.05, 3.63) is 45.5 Å². The van der Waals surface area contributed by atoms with E-state index in [1.807, 2.05) is 0 Å². The summed E-state index contributed by atoms with van der Waals surface area (Å²) in [5.41, 5.74) is -1.15. The lowest BCUT2D eigenvalue weighted by Gasteiger charge is -2.27. The normalized spacial score (nSPS) is 34.7. The molecule has 0 radical (unpaired) electrons. The number of nitrogens with zero attached hydrogens (tertiary/aromatic N) is 2. The topological polar surface area (TPSA) is 110 Å². The molecule has 0 aromatic heterocycles. The van der Waals surface area contributed by atoms with Gasteiger partial charge in [-0.15, -0.1) is 0 Å². The summed E-state index contributed by atoms with van der Waals surface area (Å²) < 4.78 is 5.85. The van der Waals surface area contributed by atoms with Crippen LogP contribution in [0.5, 0.6) is 0 Å². The zero-order valence-electron chi connectivity index (χ0n) is 14.6. The number of hydrogen-bond donors (Lipinski definition) is 1. The molecule has 26 heavy (non-hydrogen) atoms. The fourth-order valence-corrected chi connectivity index (χ4v) is 4.39. The average molecular weight is 358 g/mol. The molecule has 8 nitrogen and oxygen atoms in total. The number of nitro groups is 1.